The maximum atomic E-state index is 12.7. The highest BCUT2D eigenvalue weighted by Crippen LogP contribution is 2.34. The minimum atomic E-state index is -3.62. The van der Waals surface area contributed by atoms with E-state index in [4.69, 9.17) is 9.47 Å². The Labute approximate surface area is 165 Å². The fourth-order valence-electron chi connectivity index (χ4n) is 3.15. The smallest absolute Gasteiger partial charge is 0.268 e. The van der Waals surface area contributed by atoms with Crippen molar-refractivity contribution >= 4 is 15.9 Å². The van der Waals surface area contributed by atoms with Gasteiger partial charge in [-0.3, -0.25) is 4.79 Å². The molecule has 0 bridgehead atoms. The topological polar surface area (TPSA) is 89.9 Å². The molecule has 1 aromatic carbocycles. The maximum Gasteiger partial charge on any atom is 0.268 e. The van der Waals surface area contributed by atoms with Gasteiger partial charge in [0.25, 0.3) is 5.91 Å². The number of carbonyl (C=O) groups is 1. The van der Waals surface area contributed by atoms with Crippen molar-refractivity contribution in [3.8, 4) is 11.5 Å². The third kappa shape index (κ3) is 3.72. The lowest BCUT2D eigenvalue weighted by atomic mass is 10.1. The monoisotopic (exact) mass is 407 g/mol. The summed E-state index contributed by atoms with van der Waals surface area (Å²) in [6.45, 7) is 6.35. The van der Waals surface area contributed by atoms with Crippen LogP contribution >= 0.6 is 0 Å². The van der Waals surface area contributed by atoms with Gasteiger partial charge in [-0.1, -0.05) is 19.9 Å². The zero-order chi connectivity index (χ0) is 20.5. The number of rotatable bonds is 7. The van der Waals surface area contributed by atoms with Gasteiger partial charge in [-0.15, -0.1) is 0 Å². The van der Waals surface area contributed by atoms with Crippen LogP contribution in [0.1, 0.15) is 42.9 Å². The molecule has 0 saturated heterocycles. The molecule has 1 unspecified atom stereocenters. The zero-order valence-corrected chi connectivity index (χ0v) is 17.2. The van der Waals surface area contributed by atoms with Gasteiger partial charge >= 0.3 is 0 Å². The van der Waals surface area contributed by atoms with Gasteiger partial charge < -0.3 is 19.4 Å². The van der Waals surface area contributed by atoms with Crippen LogP contribution in [0.3, 0.4) is 0 Å². The van der Waals surface area contributed by atoms with Crippen molar-refractivity contribution in [2.45, 2.75) is 31.7 Å². The van der Waals surface area contributed by atoms with Crippen LogP contribution in [0.5, 0.6) is 11.5 Å². The summed E-state index contributed by atoms with van der Waals surface area (Å²) in [6, 6.07) is 6.61. The van der Waals surface area contributed by atoms with Crippen LogP contribution in [-0.4, -0.2) is 43.1 Å². The number of fused-ring (bicyclic) bond motifs is 1. The van der Waals surface area contributed by atoms with E-state index in [0.717, 1.165) is 5.56 Å². The molecule has 1 aromatic heterocycles. The van der Waals surface area contributed by atoms with Gasteiger partial charge in [-0.25, -0.2) is 8.42 Å². The number of ether oxygens (including phenoxy) is 2. The summed E-state index contributed by atoms with van der Waals surface area (Å²) in [4.78, 5) is 12.8. The lowest BCUT2D eigenvalue weighted by Crippen LogP contribution is -2.30. The van der Waals surface area contributed by atoms with E-state index in [1.54, 1.807) is 27.0 Å². The molecule has 0 radical (unpaired) electrons. The molecule has 1 atom stereocenters. The molecule has 0 fully saturated rings. The number of aryl methyl sites for hydroxylation is 1. The van der Waals surface area contributed by atoms with Crippen molar-refractivity contribution in [1.82, 2.24) is 14.2 Å². The van der Waals surface area contributed by atoms with Crippen LogP contribution in [0.25, 0.3) is 0 Å². The van der Waals surface area contributed by atoms with Crippen LogP contribution < -0.4 is 14.8 Å². The molecule has 1 amide bonds. The second kappa shape index (κ2) is 7.84. The van der Waals surface area contributed by atoms with Crippen molar-refractivity contribution in [2.24, 2.45) is 7.05 Å². The first-order valence-electron chi connectivity index (χ1n) is 9.14. The molecule has 152 valence electrons. The largest absolute Gasteiger partial charge is 0.454 e. The number of hydrogen-bond donors (Lipinski definition) is 1. The number of nitrogens with zero attached hydrogens (tertiary/aromatic N) is 2. The van der Waals surface area contributed by atoms with Crippen LogP contribution in [0, 0.1) is 0 Å². The summed E-state index contributed by atoms with van der Waals surface area (Å²) in [5, 5.41) is 2.90. The second-order valence-electron chi connectivity index (χ2n) is 6.57. The minimum Gasteiger partial charge on any atom is -0.454 e. The van der Waals surface area contributed by atoms with Crippen LogP contribution in [0.4, 0.5) is 0 Å². The third-order valence-electron chi connectivity index (χ3n) is 4.80. The normalized spacial score (nSPS) is 14.3. The molecule has 0 saturated carbocycles. The fourth-order valence-corrected chi connectivity index (χ4v) is 4.68. The number of nitrogens with one attached hydrogen (secondary N) is 1. The Bertz CT molecular complexity index is 979. The highest BCUT2D eigenvalue weighted by atomic mass is 32.2. The highest BCUT2D eigenvalue weighted by molar-refractivity contribution is 7.89. The molecule has 9 heteroatoms. The van der Waals surface area contributed by atoms with Crippen LogP contribution in [0.2, 0.25) is 0 Å². The Balaban J connectivity index is 1.79. The molecule has 0 spiro atoms. The Hall–Kier alpha value is -2.52. The molecule has 8 nitrogen and oxygen atoms in total. The Kier molecular flexibility index (Phi) is 5.66. The van der Waals surface area contributed by atoms with Gasteiger partial charge in [0.1, 0.15) is 10.6 Å². The first kappa shape index (κ1) is 20.2. The number of carbonyl (C=O) groups excluding carboxylic acids is 1. The molecule has 3 rings (SSSR count). The van der Waals surface area contributed by atoms with Gasteiger partial charge in [0, 0.05) is 26.3 Å². The Morgan fingerprint density at radius 2 is 1.89 bits per heavy atom. The molecule has 1 N–H and O–H groups in total. The molecule has 2 aromatic rings. The lowest BCUT2D eigenvalue weighted by molar-refractivity contribution is 0.0931. The molecular formula is C19H25N3O5S. The van der Waals surface area contributed by atoms with Crippen molar-refractivity contribution in [2.75, 3.05) is 19.9 Å². The lowest BCUT2D eigenvalue weighted by Gasteiger charge is -2.17. The van der Waals surface area contributed by atoms with Gasteiger partial charge in [-0.05, 0) is 30.7 Å². The van der Waals surface area contributed by atoms with E-state index in [2.05, 4.69) is 5.32 Å². The molecule has 1 aliphatic heterocycles. The van der Waals surface area contributed by atoms with Gasteiger partial charge in [0.05, 0.1) is 6.04 Å². The van der Waals surface area contributed by atoms with E-state index < -0.39 is 10.0 Å². The average molecular weight is 407 g/mol. The predicted octanol–water partition coefficient (Wildman–Crippen LogP) is 2.28. The predicted molar refractivity (Wildman–Crippen MR) is 104 cm³/mol. The zero-order valence-electron chi connectivity index (χ0n) is 16.4. The standard InChI is InChI=1S/C19H25N3O5S/c1-5-22(6-2)28(24,25)15-10-16(21(4)11-15)19(23)20-13(3)14-7-8-17-18(9-14)27-12-26-17/h7-11,13H,5-6,12H2,1-4H3,(H,20,23). The van der Waals surface area contributed by atoms with E-state index in [-0.39, 0.29) is 29.3 Å². The van der Waals surface area contributed by atoms with E-state index in [1.165, 1.54) is 21.1 Å². The quantitative estimate of drug-likeness (QED) is 0.761. The number of aromatic nitrogens is 1. The first-order valence-corrected chi connectivity index (χ1v) is 10.6. The molecule has 0 aliphatic carbocycles. The van der Waals surface area contributed by atoms with E-state index in [0.29, 0.717) is 24.6 Å². The number of amides is 1. The maximum absolute atomic E-state index is 12.7. The van der Waals surface area contributed by atoms with E-state index in [1.807, 2.05) is 19.1 Å². The first-order chi connectivity index (χ1) is 13.3. The molecular weight excluding hydrogens is 382 g/mol. The van der Waals surface area contributed by atoms with Gasteiger partial charge in [0.15, 0.2) is 11.5 Å². The summed E-state index contributed by atoms with van der Waals surface area (Å²) < 4.78 is 38.9. The van der Waals surface area contributed by atoms with E-state index >= 15 is 0 Å². The molecule has 1 aliphatic rings. The summed E-state index contributed by atoms with van der Waals surface area (Å²) in [6.07, 6.45) is 1.47. The minimum absolute atomic E-state index is 0.111. The van der Waals surface area contributed by atoms with Gasteiger partial charge in [-0.2, -0.15) is 4.31 Å². The summed E-state index contributed by atoms with van der Waals surface area (Å²) in [7, 11) is -1.97. The molecule has 28 heavy (non-hydrogen) atoms. The van der Waals surface area contributed by atoms with Crippen LogP contribution in [0.15, 0.2) is 35.4 Å². The van der Waals surface area contributed by atoms with E-state index in [9.17, 15) is 13.2 Å². The summed E-state index contributed by atoms with van der Waals surface area (Å²) in [5.74, 6) is 0.967. The Morgan fingerprint density at radius 3 is 2.57 bits per heavy atom. The average Bonchev–Trinajstić information content (AvgIpc) is 3.28. The third-order valence-corrected chi connectivity index (χ3v) is 6.82. The van der Waals surface area contributed by atoms with Crippen molar-refractivity contribution in [3.63, 3.8) is 0 Å². The summed E-state index contributed by atoms with van der Waals surface area (Å²) in [5.41, 5.74) is 1.14. The number of benzene rings is 1. The second-order valence-corrected chi connectivity index (χ2v) is 8.51. The fraction of sp³-hybridized carbons (Fsp3) is 0.421. The SMILES string of the molecule is CCN(CC)S(=O)(=O)c1cc(C(=O)NC(C)c2ccc3c(c2)OCO3)n(C)c1. The Morgan fingerprint density at radius 1 is 1.21 bits per heavy atom. The highest BCUT2D eigenvalue weighted by Gasteiger charge is 2.26. The van der Waals surface area contributed by atoms with Crippen molar-refractivity contribution in [1.29, 1.82) is 0 Å². The van der Waals surface area contributed by atoms with Crippen molar-refractivity contribution < 1.29 is 22.7 Å². The van der Waals surface area contributed by atoms with Crippen LogP contribution in [-0.2, 0) is 17.1 Å². The van der Waals surface area contributed by atoms with Gasteiger partial charge in [0.2, 0.25) is 16.8 Å². The van der Waals surface area contributed by atoms with Crippen molar-refractivity contribution in [3.05, 3.63) is 41.7 Å². The number of hydrogen-bond acceptors (Lipinski definition) is 5. The molecule has 2 heterocycles. The summed E-state index contributed by atoms with van der Waals surface area (Å²) >= 11 is 0. The number of sulfonamides is 1.